The molecular weight excluding hydrogens is 468 g/mol. The highest BCUT2D eigenvalue weighted by Gasteiger charge is 2.32. The van der Waals surface area contributed by atoms with E-state index in [1.54, 1.807) is 31.4 Å². The lowest BCUT2D eigenvalue weighted by Gasteiger charge is -2.30. The number of nitrogens with zero attached hydrogens (tertiary/aromatic N) is 3. The van der Waals surface area contributed by atoms with Gasteiger partial charge in [-0.2, -0.15) is 9.29 Å². The summed E-state index contributed by atoms with van der Waals surface area (Å²) in [6.45, 7) is 1.04. The lowest BCUT2D eigenvalue weighted by Crippen LogP contribution is -2.42. The van der Waals surface area contributed by atoms with Gasteiger partial charge in [-0.25, -0.2) is 8.42 Å². The van der Waals surface area contributed by atoms with E-state index in [1.807, 2.05) is 24.3 Å². The fraction of sp³-hybridized carbons (Fsp3) is 0.400. The maximum absolute atomic E-state index is 13.1. The van der Waals surface area contributed by atoms with Gasteiger partial charge in [-0.3, -0.25) is 4.79 Å². The highest BCUT2D eigenvalue weighted by molar-refractivity contribution is 7.89. The van der Waals surface area contributed by atoms with Crippen LogP contribution in [0.1, 0.15) is 43.1 Å². The van der Waals surface area contributed by atoms with Gasteiger partial charge in [-0.15, -0.1) is 0 Å². The second-order valence-electron chi connectivity index (χ2n) is 9.00. The Bertz CT molecular complexity index is 1280. The highest BCUT2D eigenvalue weighted by atomic mass is 32.2. The molecule has 1 aromatic heterocycles. The summed E-state index contributed by atoms with van der Waals surface area (Å²) >= 11 is 0. The van der Waals surface area contributed by atoms with Crippen molar-refractivity contribution < 1.29 is 22.5 Å². The number of benzene rings is 2. The molecule has 1 aliphatic heterocycles. The number of piperidine rings is 1. The lowest BCUT2D eigenvalue weighted by molar-refractivity contribution is -0.126. The lowest BCUT2D eigenvalue weighted by atomic mass is 9.97. The summed E-state index contributed by atoms with van der Waals surface area (Å²) < 4.78 is 38.2. The SMILES string of the molecule is COc1ccc(CNC(=O)C2CCN(S(=O)(=O)c3ccc(-c4noc(C5CC5)n4)cc3)CC2)cc1. The third-order valence-corrected chi connectivity index (χ3v) is 8.48. The van der Waals surface area contributed by atoms with Gasteiger partial charge in [0.2, 0.25) is 27.6 Å². The fourth-order valence-electron chi connectivity index (χ4n) is 4.21. The predicted molar refractivity (Wildman–Crippen MR) is 128 cm³/mol. The number of rotatable bonds is 8. The number of hydrogen-bond donors (Lipinski definition) is 1. The molecule has 3 aromatic rings. The number of methoxy groups -OCH3 is 1. The average Bonchev–Trinajstić information content (AvgIpc) is 3.64. The summed E-state index contributed by atoms with van der Waals surface area (Å²) in [5, 5.41) is 6.97. The molecule has 0 bridgehead atoms. The average molecular weight is 497 g/mol. The van der Waals surface area contributed by atoms with Crippen molar-refractivity contribution >= 4 is 15.9 Å². The molecule has 0 radical (unpaired) electrons. The maximum Gasteiger partial charge on any atom is 0.243 e. The zero-order valence-electron chi connectivity index (χ0n) is 19.5. The molecule has 184 valence electrons. The van der Waals surface area contributed by atoms with E-state index in [0.29, 0.717) is 55.7 Å². The Morgan fingerprint density at radius 1 is 1.06 bits per heavy atom. The molecule has 0 spiro atoms. The Hall–Kier alpha value is -3.24. The van der Waals surface area contributed by atoms with Crippen LogP contribution in [0.3, 0.4) is 0 Å². The molecule has 1 saturated carbocycles. The van der Waals surface area contributed by atoms with Crippen molar-refractivity contribution in [2.45, 2.75) is 43.0 Å². The van der Waals surface area contributed by atoms with E-state index >= 15 is 0 Å². The van der Waals surface area contributed by atoms with Crippen LogP contribution in [-0.2, 0) is 21.4 Å². The number of nitrogens with one attached hydrogen (secondary N) is 1. The first-order valence-corrected chi connectivity index (χ1v) is 13.2. The zero-order chi connectivity index (χ0) is 24.4. The van der Waals surface area contributed by atoms with Gasteiger partial charge in [0.15, 0.2) is 0 Å². The first-order valence-electron chi connectivity index (χ1n) is 11.8. The first kappa shape index (κ1) is 23.5. The van der Waals surface area contributed by atoms with E-state index < -0.39 is 10.0 Å². The molecule has 9 nitrogen and oxygen atoms in total. The van der Waals surface area contributed by atoms with Gasteiger partial charge in [-0.1, -0.05) is 17.3 Å². The summed E-state index contributed by atoms with van der Waals surface area (Å²) in [5.74, 6) is 1.99. The van der Waals surface area contributed by atoms with Crippen molar-refractivity contribution in [1.29, 1.82) is 0 Å². The van der Waals surface area contributed by atoms with Gasteiger partial charge in [0.25, 0.3) is 0 Å². The van der Waals surface area contributed by atoms with E-state index in [1.165, 1.54) is 4.31 Å². The van der Waals surface area contributed by atoms with E-state index in [-0.39, 0.29) is 16.7 Å². The van der Waals surface area contributed by atoms with E-state index in [2.05, 4.69) is 15.5 Å². The van der Waals surface area contributed by atoms with Crippen LogP contribution >= 0.6 is 0 Å². The van der Waals surface area contributed by atoms with Gasteiger partial charge < -0.3 is 14.6 Å². The van der Waals surface area contributed by atoms with Crippen LogP contribution in [0.2, 0.25) is 0 Å². The highest BCUT2D eigenvalue weighted by Crippen LogP contribution is 2.39. The molecule has 2 fully saturated rings. The van der Waals surface area contributed by atoms with Crippen molar-refractivity contribution in [3.8, 4) is 17.1 Å². The molecule has 2 aromatic carbocycles. The molecule has 1 N–H and O–H groups in total. The molecule has 5 rings (SSSR count). The molecule has 2 heterocycles. The third kappa shape index (κ3) is 5.23. The normalized spacial score (nSPS) is 17.3. The largest absolute Gasteiger partial charge is 0.497 e. The van der Waals surface area contributed by atoms with Crippen LogP contribution < -0.4 is 10.1 Å². The number of carbonyl (C=O) groups is 1. The van der Waals surface area contributed by atoms with Gasteiger partial charge in [0.05, 0.1) is 12.0 Å². The zero-order valence-corrected chi connectivity index (χ0v) is 20.3. The Labute approximate surface area is 204 Å². The van der Waals surface area contributed by atoms with E-state index in [9.17, 15) is 13.2 Å². The third-order valence-electron chi connectivity index (χ3n) is 6.57. The molecule has 35 heavy (non-hydrogen) atoms. The number of ether oxygens (including phenoxy) is 1. The maximum atomic E-state index is 13.1. The van der Waals surface area contributed by atoms with Crippen molar-refractivity contribution in [2.24, 2.45) is 5.92 Å². The minimum Gasteiger partial charge on any atom is -0.497 e. The van der Waals surface area contributed by atoms with E-state index in [0.717, 1.165) is 24.2 Å². The van der Waals surface area contributed by atoms with Crippen LogP contribution in [0.4, 0.5) is 0 Å². The molecule has 1 aliphatic carbocycles. The van der Waals surface area contributed by atoms with Crippen molar-refractivity contribution in [1.82, 2.24) is 19.8 Å². The molecule has 10 heteroatoms. The molecule has 1 saturated heterocycles. The monoisotopic (exact) mass is 496 g/mol. The number of aromatic nitrogens is 2. The summed E-state index contributed by atoms with van der Waals surface area (Å²) in [4.78, 5) is 17.2. The minimum absolute atomic E-state index is 0.0482. The molecular formula is C25H28N4O5S. The number of hydrogen-bond acceptors (Lipinski definition) is 7. The van der Waals surface area contributed by atoms with E-state index in [4.69, 9.17) is 9.26 Å². The quantitative estimate of drug-likeness (QED) is 0.509. The Morgan fingerprint density at radius 3 is 2.37 bits per heavy atom. The van der Waals surface area contributed by atoms with Gasteiger partial charge in [-0.05, 0) is 67.6 Å². The molecule has 0 atom stereocenters. The molecule has 1 amide bonds. The van der Waals surface area contributed by atoms with Gasteiger partial charge >= 0.3 is 0 Å². The van der Waals surface area contributed by atoms with Crippen LogP contribution in [0.5, 0.6) is 5.75 Å². The summed E-state index contributed by atoms with van der Waals surface area (Å²) in [6.07, 6.45) is 3.11. The Morgan fingerprint density at radius 2 is 1.74 bits per heavy atom. The second kappa shape index (κ2) is 9.79. The van der Waals surface area contributed by atoms with Crippen molar-refractivity contribution in [3.05, 3.63) is 60.0 Å². The molecule has 0 unspecified atom stereocenters. The summed E-state index contributed by atoms with van der Waals surface area (Å²) in [5.41, 5.74) is 1.69. The number of carbonyl (C=O) groups excluding carboxylic acids is 1. The Kier molecular flexibility index (Phi) is 6.57. The Balaban J connectivity index is 1.15. The van der Waals surface area contributed by atoms with Crippen LogP contribution in [0.15, 0.2) is 57.9 Å². The van der Waals surface area contributed by atoms with Gasteiger partial charge in [0, 0.05) is 37.0 Å². The van der Waals surface area contributed by atoms with Gasteiger partial charge in [0.1, 0.15) is 5.75 Å². The fourth-order valence-corrected chi connectivity index (χ4v) is 5.68. The van der Waals surface area contributed by atoms with Crippen molar-refractivity contribution in [3.63, 3.8) is 0 Å². The summed E-state index contributed by atoms with van der Waals surface area (Å²) in [7, 11) is -2.03. The second-order valence-corrected chi connectivity index (χ2v) is 10.9. The first-order chi connectivity index (χ1) is 16.9. The predicted octanol–water partition coefficient (Wildman–Crippen LogP) is 3.34. The number of sulfonamides is 1. The topological polar surface area (TPSA) is 115 Å². The number of amides is 1. The van der Waals surface area contributed by atoms with Crippen LogP contribution in [0, 0.1) is 5.92 Å². The standard InChI is InChI=1S/C25H28N4O5S/c1-33-21-8-2-17(3-9-21)16-26-24(30)19-12-14-29(15-13-19)35(31,32)22-10-6-18(7-11-22)23-27-25(34-28-23)20-4-5-20/h2-3,6-11,19-20H,4-5,12-16H2,1H3,(H,26,30). The minimum atomic E-state index is -3.64. The summed E-state index contributed by atoms with van der Waals surface area (Å²) in [6, 6.07) is 14.1. The smallest absolute Gasteiger partial charge is 0.243 e. The van der Waals surface area contributed by atoms with Crippen LogP contribution in [-0.4, -0.2) is 49.0 Å². The molecule has 2 aliphatic rings. The van der Waals surface area contributed by atoms with Crippen molar-refractivity contribution in [2.75, 3.05) is 20.2 Å². The van der Waals surface area contributed by atoms with Crippen LogP contribution in [0.25, 0.3) is 11.4 Å².